The van der Waals surface area contributed by atoms with Crippen molar-refractivity contribution < 1.29 is 14.3 Å². The molecule has 0 atom stereocenters. The van der Waals surface area contributed by atoms with Crippen LogP contribution in [-0.4, -0.2) is 17.1 Å². The maximum absolute atomic E-state index is 13.4. The summed E-state index contributed by atoms with van der Waals surface area (Å²) in [6, 6.07) is 9.46. The second-order valence-electron chi connectivity index (χ2n) is 5.98. The van der Waals surface area contributed by atoms with E-state index in [4.69, 9.17) is 4.42 Å². The molecule has 1 N–H and O–H groups in total. The van der Waals surface area contributed by atoms with Gasteiger partial charge >= 0.3 is 0 Å². The van der Waals surface area contributed by atoms with Crippen molar-refractivity contribution in [2.24, 2.45) is 0 Å². The molecule has 0 saturated carbocycles. The van der Waals surface area contributed by atoms with Crippen LogP contribution < -0.4 is 0 Å². The molecular weight excluding hydrogens is 574 g/mol. The van der Waals surface area contributed by atoms with Crippen molar-refractivity contribution in [2.45, 2.75) is 31.1 Å². The summed E-state index contributed by atoms with van der Waals surface area (Å²) in [6.07, 6.45) is 4.77. The molecule has 6 heteroatoms. The molecule has 0 saturated heterocycles. The predicted octanol–water partition coefficient (Wildman–Crippen LogP) is 6.64. The summed E-state index contributed by atoms with van der Waals surface area (Å²) >= 11 is 5.75. The van der Waals surface area contributed by atoms with Crippen LogP contribution in [0.4, 0.5) is 0 Å². The van der Waals surface area contributed by atoms with Crippen molar-refractivity contribution in [3.8, 4) is 5.75 Å². The molecule has 0 unspecified atom stereocenters. The van der Waals surface area contributed by atoms with Crippen LogP contribution >= 0.6 is 56.9 Å². The quantitative estimate of drug-likeness (QED) is 0.198. The fourth-order valence-corrected chi connectivity index (χ4v) is 5.07. The number of ketones is 1. The van der Waals surface area contributed by atoms with Crippen molar-refractivity contribution in [1.29, 1.82) is 0 Å². The van der Waals surface area contributed by atoms with Gasteiger partial charge in [-0.05, 0) is 88.2 Å². The highest BCUT2D eigenvalue weighted by Crippen LogP contribution is 2.34. The van der Waals surface area contributed by atoms with Crippen LogP contribution in [0.1, 0.15) is 41.4 Å². The molecule has 3 rings (SSSR count). The third-order valence-electron chi connectivity index (χ3n) is 4.23. The maximum Gasteiger partial charge on any atom is 0.197 e. The first-order chi connectivity index (χ1) is 12.5. The Morgan fingerprint density at radius 1 is 1.19 bits per heavy atom. The predicted molar refractivity (Wildman–Crippen MR) is 124 cm³/mol. The molecule has 0 spiro atoms. The highest BCUT2D eigenvalue weighted by molar-refractivity contribution is 14.1. The Labute approximate surface area is 184 Å². The number of aromatic hydroxyl groups is 1. The van der Waals surface area contributed by atoms with E-state index in [0.29, 0.717) is 18.3 Å². The van der Waals surface area contributed by atoms with Gasteiger partial charge in [0.2, 0.25) is 0 Å². The third kappa shape index (κ3) is 3.91. The van der Waals surface area contributed by atoms with Crippen molar-refractivity contribution in [1.82, 2.24) is 0 Å². The molecule has 0 aliphatic rings. The second kappa shape index (κ2) is 8.52. The first-order valence-corrected chi connectivity index (χ1v) is 11.7. The molecule has 0 aliphatic carbocycles. The van der Waals surface area contributed by atoms with Crippen LogP contribution in [-0.2, 0) is 6.42 Å². The summed E-state index contributed by atoms with van der Waals surface area (Å²) in [4.78, 5) is 14.5. The zero-order valence-electron chi connectivity index (χ0n) is 14.4. The molecule has 0 fully saturated rings. The Kier molecular flexibility index (Phi) is 6.55. The van der Waals surface area contributed by atoms with E-state index in [1.807, 2.05) is 24.5 Å². The highest BCUT2D eigenvalue weighted by atomic mass is 127. The smallest absolute Gasteiger partial charge is 0.197 e. The zero-order chi connectivity index (χ0) is 18.8. The molecule has 3 nitrogen and oxygen atoms in total. The molecule has 2 aromatic carbocycles. The lowest BCUT2D eigenvalue weighted by Gasteiger charge is -2.07. The molecule has 1 aromatic heterocycles. The molecule has 0 aliphatic heterocycles. The number of unbranched alkanes of at least 4 members (excludes halogenated alkanes) is 1. The fraction of sp³-hybridized carbons (Fsp3) is 0.250. The number of thioether (sulfide) groups is 1. The monoisotopic (exact) mass is 592 g/mol. The van der Waals surface area contributed by atoms with Crippen molar-refractivity contribution >= 4 is 73.7 Å². The zero-order valence-corrected chi connectivity index (χ0v) is 19.6. The highest BCUT2D eigenvalue weighted by Gasteiger charge is 2.23. The second-order valence-corrected chi connectivity index (χ2v) is 9.19. The van der Waals surface area contributed by atoms with Gasteiger partial charge in [0.25, 0.3) is 0 Å². The van der Waals surface area contributed by atoms with Crippen LogP contribution in [0.5, 0.6) is 5.75 Å². The lowest BCUT2D eigenvalue weighted by atomic mass is 9.98. The average Bonchev–Trinajstić information content (AvgIpc) is 3.00. The Morgan fingerprint density at radius 3 is 2.50 bits per heavy atom. The Morgan fingerprint density at radius 2 is 1.88 bits per heavy atom. The van der Waals surface area contributed by atoms with Gasteiger partial charge in [0, 0.05) is 22.3 Å². The Bertz CT molecular complexity index is 956. The third-order valence-corrected chi connectivity index (χ3v) is 6.60. The summed E-state index contributed by atoms with van der Waals surface area (Å²) in [7, 11) is 0. The van der Waals surface area contributed by atoms with Gasteiger partial charge in [-0.2, -0.15) is 0 Å². The maximum atomic E-state index is 13.4. The number of furan rings is 1. The van der Waals surface area contributed by atoms with Gasteiger partial charge in [-0.3, -0.25) is 4.79 Å². The van der Waals surface area contributed by atoms with Gasteiger partial charge in [0.05, 0.1) is 12.7 Å². The van der Waals surface area contributed by atoms with Gasteiger partial charge in [-0.15, -0.1) is 11.8 Å². The molecule has 136 valence electrons. The number of phenols is 1. The number of aryl methyl sites for hydroxylation is 1. The standard InChI is InChI=1S/C20H18I2O3S/c1-3-4-5-17-18(13-10-12(26-2)6-7-16(13)25-17)19(23)11-8-14(21)20(24)15(22)9-11/h6-10,24H,3-5H2,1-2H3. The minimum Gasteiger partial charge on any atom is -0.506 e. The van der Waals surface area contributed by atoms with E-state index in [1.54, 1.807) is 23.9 Å². The summed E-state index contributed by atoms with van der Waals surface area (Å²) in [6.45, 7) is 2.13. The molecule has 1 heterocycles. The van der Waals surface area contributed by atoms with E-state index >= 15 is 0 Å². The fourth-order valence-electron chi connectivity index (χ4n) is 2.86. The summed E-state index contributed by atoms with van der Waals surface area (Å²) in [5, 5.41) is 10.9. The summed E-state index contributed by atoms with van der Waals surface area (Å²) in [5.74, 6) is 0.919. The van der Waals surface area contributed by atoms with E-state index in [0.717, 1.165) is 40.9 Å². The number of halogens is 2. The number of benzene rings is 2. The first kappa shape index (κ1) is 20.0. The number of phenolic OH excluding ortho intramolecular Hbond substituents is 1. The lowest BCUT2D eigenvalue weighted by Crippen LogP contribution is -2.05. The van der Waals surface area contributed by atoms with Crippen LogP contribution in [0.2, 0.25) is 0 Å². The summed E-state index contributed by atoms with van der Waals surface area (Å²) < 4.78 is 7.39. The number of hydrogen-bond donors (Lipinski definition) is 1. The van der Waals surface area contributed by atoms with Gasteiger partial charge in [-0.25, -0.2) is 0 Å². The normalized spacial score (nSPS) is 11.2. The number of carbonyl (C=O) groups is 1. The van der Waals surface area contributed by atoms with E-state index in [9.17, 15) is 9.90 Å². The molecule has 3 aromatic rings. The van der Waals surface area contributed by atoms with Gasteiger partial charge in [0.15, 0.2) is 5.78 Å². The number of hydrogen-bond acceptors (Lipinski definition) is 4. The van der Waals surface area contributed by atoms with Crippen LogP contribution in [0.15, 0.2) is 39.6 Å². The van der Waals surface area contributed by atoms with Gasteiger partial charge in [-0.1, -0.05) is 13.3 Å². The number of rotatable bonds is 6. The van der Waals surface area contributed by atoms with Crippen molar-refractivity contribution in [2.75, 3.05) is 6.26 Å². The first-order valence-electron chi connectivity index (χ1n) is 8.28. The van der Waals surface area contributed by atoms with E-state index < -0.39 is 0 Å². The van der Waals surface area contributed by atoms with E-state index in [1.165, 1.54) is 0 Å². The minimum absolute atomic E-state index is 0.0519. The van der Waals surface area contributed by atoms with Crippen molar-refractivity contribution in [3.05, 3.63) is 54.4 Å². The van der Waals surface area contributed by atoms with Crippen LogP contribution in [0.25, 0.3) is 11.0 Å². The SMILES string of the molecule is CCCCc1oc2ccc(SC)cc2c1C(=O)c1cc(I)c(O)c(I)c1. The van der Waals surface area contributed by atoms with Gasteiger partial charge < -0.3 is 9.52 Å². The van der Waals surface area contributed by atoms with E-state index in [2.05, 4.69) is 52.1 Å². The van der Waals surface area contributed by atoms with Crippen LogP contribution in [0, 0.1) is 7.14 Å². The average molecular weight is 592 g/mol. The lowest BCUT2D eigenvalue weighted by molar-refractivity contribution is 0.103. The van der Waals surface area contributed by atoms with Crippen LogP contribution in [0.3, 0.4) is 0 Å². The van der Waals surface area contributed by atoms with Gasteiger partial charge in [0.1, 0.15) is 17.1 Å². The molecule has 0 amide bonds. The molecular formula is C20H18I2O3S. The molecule has 0 radical (unpaired) electrons. The molecule has 26 heavy (non-hydrogen) atoms. The number of fused-ring (bicyclic) bond motifs is 1. The van der Waals surface area contributed by atoms with E-state index in [-0.39, 0.29) is 11.5 Å². The Balaban J connectivity index is 2.18. The minimum atomic E-state index is -0.0519. The summed E-state index contributed by atoms with van der Waals surface area (Å²) in [5.41, 5.74) is 1.98. The molecule has 0 bridgehead atoms. The van der Waals surface area contributed by atoms with Crippen molar-refractivity contribution in [3.63, 3.8) is 0 Å². The topological polar surface area (TPSA) is 50.4 Å². The number of carbonyl (C=O) groups excluding carboxylic acids is 1. The Hall–Kier alpha value is -0.740. The largest absolute Gasteiger partial charge is 0.506 e.